The van der Waals surface area contributed by atoms with Crippen molar-refractivity contribution in [1.29, 1.82) is 0 Å². The lowest BCUT2D eigenvalue weighted by Crippen LogP contribution is -2.33. The molecule has 1 aliphatic carbocycles. The molecule has 7 heteroatoms. The van der Waals surface area contributed by atoms with E-state index in [0.29, 0.717) is 35.8 Å². The molecule has 0 radical (unpaired) electrons. The van der Waals surface area contributed by atoms with E-state index in [0.717, 1.165) is 19.3 Å². The van der Waals surface area contributed by atoms with E-state index in [1.54, 1.807) is 17.7 Å². The summed E-state index contributed by atoms with van der Waals surface area (Å²) in [4.78, 5) is 30.1. The van der Waals surface area contributed by atoms with Crippen molar-refractivity contribution in [3.63, 3.8) is 0 Å². The van der Waals surface area contributed by atoms with Crippen molar-refractivity contribution in [1.82, 2.24) is 14.9 Å². The Morgan fingerprint density at radius 2 is 2.17 bits per heavy atom. The van der Waals surface area contributed by atoms with Crippen molar-refractivity contribution >= 4 is 28.6 Å². The molecule has 1 N–H and O–H groups in total. The molecule has 1 amide bonds. The summed E-state index contributed by atoms with van der Waals surface area (Å²) in [7, 11) is 1.60. The molecule has 1 aromatic heterocycles. The highest BCUT2D eigenvalue weighted by molar-refractivity contribution is 8.00. The number of methoxy groups -OCH3 is 1. The summed E-state index contributed by atoms with van der Waals surface area (Å²) in [6.07, 6.45) is 8.04. The van der Waals surface area contributed by atoms with Gasteiger partial charge in [-0.2, -0.15) is 0 Å². The summed E-state index contributed by atoms with van der Waals surface area (Å²) in [6, 6.07) is 7.29. The molecule has 0 saturated carbocycles. The van der Waals surface area contributed by atoms with Crippen LogP contribution in [0.1, 0.15) is 39.0 Å². The van der Waals surface area contributed by atoms with E-state index in [2.05, 4.69) is 16.4 Å². The van der Waals surface area contributed by atoms with Gasteiger partial charge in [-0.05, 0) is 51.2 Å². The number of thioether (sulfide) groups is 1. The second kappa shape index (κ2) is 10.6. The van der Waals surface area contributed by atoms with Crippen LogP contribution in [0.15, 0.2) is 45.9 Å². The van der Waals surface area contributed by atoms with Gasteiger partial charge in [0.2, 0.25) is 5.91 Å². The molecule has 1 aromatic carbocycles. The zero-order chi connectivity index (χ0) is 20.6. The number of fused-ring (bicyclic) bond motifs is 1. The monoisotopic (exact) mass is 415 g/mol. The summed E-state index contributed by atoms with van der Waals surface area (Å²) in [6.45, 7) is 3.31. The second-order valence-electron chi connectivity index (χ2n) is 7.27. The van der Waals surface area contributed by atoms with Crippen LogP contribution in [-0.4, -0.2) is 41.0 Å². The summed E-state index contributed by atoms with van der Waals surface area (Å²) < 4.78 is 6.75. The predicted octanol–water partition coefficient (Wildman–Crippen LogP) is 3.53. The third-order valence-electron chi connectivity index (χ3n) is 5.13. The van der Waals surface area contributed by atoms with Gasteiger partial charge in [0.1, 0.15) is 0 Å². The molecular weight excluding hydrogens is 386 g/mol. The number of benzene rings is 1. The van der Waals surface area contributed by atoms with Crippen LogP contribution in [0.3, 0.4) is 0 Å². The van der Waals surface area contributed by atoms with Gasteiger partial charge in [-0.25, -0.2) is 4.98 Å². The maximum Gasteiger partial charge on any atom is 0.262 e. The fraction of sp³-hybridized carbons (Fsp3) is 0.500. The molecule has 1 atom stereocenters. The molecule has 1 unspecified atom stereocenters. The molecule has 0 aliphatic heterocycles. The average Bonchev–Trinajstić information content (AvgIpc) is 2.74. The molecule has 156 valence electrons. The van der Waals surface area contributed by atoms with Crippen LogP contribution >= 0.6 is 11.8 Å². The van der Waals surface area contributed by atoms with Crippen LogP contribution in [0.4, 0.5) is 0 Å². The molecule has 0 saturated heterocycles. The number of carbonyl (C=O) groups excluding carboxylic acids is 1. The van der Waals surface area contributed by atoms with E-state index in [9.17, 15) is 9.59 Å². The van der Waals surface area contributed by atoms with Gasteiger partial charge < -0.3 is 10.1 Å². The first-order chi connectivity index (χ1) is 14.1. The minimum atomic E-state index is -0.350. The van der Waals surface area contributed by atoms with Gasteiger partial charge in [0.25, 0.3) is 5.56 Å². The zero-order valence-electron chi connectivity index (χ0n) is 17.1. The van der Waals surface area contributed by atoms with Crippen LogP contribution in [-0.2, 0) is 16.1 Å². The third kappa shape index (κ3) is 5.70. The molecule has 0 fully saturated rings. The highest BCUT2D eigenvalue weighted by Gasteiger charge is 2.19. The zero-order valence-corrected chi connectivity index (χ0v) is 18.0. The van der Waals surface area contributed by atoms with E-state index in [1.807, 2.05) is 25.1 Å². The fourth-order valence-corrected chi connectivity index (χ4v) is 4.41. The minimum Gasteiger partial charge on any atom is -0.383 e. The van der Waals surface area contributed by atoms with Crippen molar-refractivity contribution in [2.45, 2.75) is 56.0 Å². The maximum atomic E-state index is 12.9. The second-order valence-corrected chi connectivity index (χ2v) is 8.58. The minimum absolute atomic E-state index is 0.0351. The summed E-state index contributed by atoms with van der Waals surface area (Å²) >= 11 is 1.31. The van der Waals surface area contributed by atoms with E-state index in [1.165, 1.54) is 30.2 Å². The molecule has 0 spiro atoms. The lowest BCUT2D eigenvalue weighted by Gasteiger charge is -2.17. The van der Waals surface area contributed by atoms with Crippen molar-refractivity contribution in [3.05, 3.63) is 46.3 Å². The molecule has 3 rings (SSSR count). The van der Waals surface area contributed by atoms with Crippen molar-refractivity contribution in [2.75, 3.05) is 20.3 Å². The van der Waals surface area contributed by atoms with Crippen LogP contribution in [0.2, 0.25) is 0 Å². The lowest BCUT2D eigenvalue weighted by atomic mass is 9.97. The standard InChI is InChI=1S/C22H29N3O3S/c1-16(20(26)23-13-12-17-8-4-3-5-9-17)29-22-24-19-11-7-6-10-18(19)21(27)25(22)14-15-28-2/h6-8,10-11,16H,3-5,9,12-15H2,1-2H3,(H,23,26). The van der Waals surface area contributed by atoms with E-state index in [-0.39, 0.29) is 16.7 Å². The number of amides is 1. The Morgan fingerprint density at radius 3 is 2.93 bits per heavy atom. The molecule has 1 aliphatic rings. The number of hydrogen-bond donors (Lipinski definition) is 1. The molecule has 6 nitrogen and oxygen atoms in total. The van der Waals surface area contributed by atoms with E-state index in [4.69, 9.17) is 4.74 Å². The number of nitrogens with zero attached hydrogens (tertiary/aromatic N) is 2. The third-order valence-corrected chi connectivity index (χ3v) is 6.22. The Morgan fingerprint density at radius 1 is 1.34 bits per heavy atom. The van der Waals surface area contributed by atoms with Gasteiger partial charge in [0.15, 0.2) is 5.16 Å². The number of aromatic nitrogens is 2. The summed E-state index contributed by atoms with van der Waals surface area (Å²) in [5.74, 6) is -0.0351. The SMILES string of the molecule is COCCn1c(SC(C)C(=O)NCCC2=CCCCC2)nc2ccccc2c1=O. The lowest BCUT2D eigenvalue weighted by molar-refractivity contribution is -0.120. The van der Waals surface area contributed by atoms with Gasteiger partial charge in [-0.3, -0.25) is 14.2 Å². The smallest absolute Gasteiger partial charge is 0.262 e. The number of rotatable bonds is 9. The average molecular weight is 416 g/mol. The number of nitrogens with one attached hydrogen (secondary N) is 1. The summed E-state index contributed by atoms with van der Waals surface area (Å²) in [5.41, 5.74) is 1.99. The Labute approximate surface area is 175 Å². The van der Waals surface area contributed by atoms with Crippen molar-refractivity contribution < 1.29 is 9.53 Å². The van der Waals surface area contributed by atoms with Crippen LogP contribution in [0.25, 0.3) is 10.9 Å². The summed E-state index contributed by atoms with van der Waals surface area (Å²) in [5, 5.41) is 3.79. The number of allylic oxidation sites excluding steroid dienone is 1. The Bertz CT molecular complexity index is 939. The first-order valence-corrected chi connectivity index (χ1v) is 11.1. The largest absolute Gasteiger partial charge is 0.383 e. The van der Waals surface area contributed by atoms with Crippen molar-refractivity contribution in [3.8, 4) is 0 Å². The van der Waals surface area contributed by atoms with Gasteiger partial charge in [-0.1, -0.05) is 35.5 Å². The topological polar surface area (TPSA) is 73.2 Å². The molecule has 29 heavy (non-hydrogen) atoms. The van der Waals surface area contributed by atoms with Gasteiger partial charge in [0.05, 0.1) is 29.3 Å². The number of ether oxygens (including phenoxy) is 1. The number of para-hydroxylation sites is 1. The molecular formula is C22H29N3O3S. The highest BCUT2D eigenvalue weighted by atomic mass is 32.2. The van der Waals surface area contributed by atoms with Crippen LogP contribution < -0.4 is 10.9 Å². The van der Waals surface area contributed by atoms with Crippen LogP contribution in [0.5, 0.6) is 0 Å². The van der Waals surface area contributed by atoms with E-state index >= 15 is 0 Å². The van der Waals surface area contributed by atoms with Gasteiger partial charge >= 0.3 is 0 Å². The van der Waals surface area contributed by atoms with Crippen molar-refractivity contribution in [2.24, 2.45) is 0 Å². The Kier molecular flexibility index (Phi) is 7.89. The number of hydrogen-bond acceptors (Lipinski definition) is 5. The fourth-order valence-electron chi connectivity index (χ4n) is 3.45. The quantitative estimate of drug-likeness (QED) is 0.385. The van der Waals surface area contributed by atoms with Gasteiger partial charge in [-0.15, -0.1) is 0 Å². The predicted molar refractivity (Wildman–Crippen MR) is 117 cm³/mol. The molecule has 1 heterocycles. The van der Waals surface area contributed by atoms with E-state index < -0.39 is 0 Å². The number of carbonyl (C=O) groups is 1. The van der Waals surface area contributed by atoms with Crippen LogP contribution in [0, 0.1) is 0 Å². The Hall–Kier alpha value is -2.12. The first kappa shape index (κ1) is 21.6. The highest BCUT2D eigenvalue weighted by Crippen LogP contribution is 2.23. The molecule has 0 bridgehead atoms. The normalized spacial score (nSPS) is 15.2. The van der Waals surface area contributed by atoms with Gasteiger partial charge in [0, 0.05) is 13.7 Å². The first-order valence-electron chi connectivity index (χ1n) is 10.2. The Balaban J connectivity index is 1.69. The molecule has 2 aromatic rings. The maximum absolute atomic E-state index is 12.9.